The lowest BCUT2D eigenvalue weighted by Crippen LogP contribution is -2.44. The summed E-state index contributed by atoms with van der Waals surface area (Å²) in [6.07, 6.45) is 3.87. The molecule has 1 aromatic heterocycles. The highest BCUT2D eigenvalue weighted by atomic mass is 19.2. The first kappa shape index (κ1) is 15.6. The molecule has 3 rings (SSSR count). The minimum Gasteiger partial charge on any atom is -0.480 e. The van der Waals surface area contributed by atoms with Gasteiger partial charge in [-0.2, -0.15) is 0 Å². The van der Waals surface area contributed by atoms with Crippen molar-refractivity contribution in [2.45, 2.75) is 31.8 Å². The average molecular weight is 322 g/mol. The second kappa shape index (κ2) is 6.45. The van der Waals surface area contributed by atoms with Crippen LogP contribution in [0.15, 0.2) is 28.9 Å². The number of benzene rings is 1. The van der Waals surface area contributed by atoms with E-state index < -0.39 is 23.6 Å². The van der Waals surface area contributed by atoms with E-state index in [0.717, 1.165) is 25.0 Å². The third-order valence-electron chi connectivity index (χ3n) is 3.98. The standard InChI is InChI=1S/C16H16F2N2O3/c17-12-5-4-10(7-13(12)18)15-19-11(9-23-15)8-20-6-2-1-3-14(20)16(21)22/h4-5,7,9,14H,1-3,6,8H2,(H,21,22). The van der Waals surface area contributed by atoms with Crippen molar-refractivity contribution in [1.82, 2.24) is 9.88 Å². The molecule has 2 aromatic rings. The summed E-state index contributed by atoms with van der Waals surface area (Å²) in [6, 6.07) is 2.90. The van der Waals surface area contributed by atoms with Crippen LogP contribution >= 0.6 is 0 Å². The Kier molecular flexibility index (Phi) is 4.38. The molecule has 0 spiro atoms. The van der Waals surface area contributed by atoms with Gasteiger partial charge in [0.25, 0.3) is 0 Å². The van der Waals surface area contributed by atoms with Gasteiger partial charge in [0.05, 0.1) is 5.69 Å². The van der Waals surface area contributed by atoms with Gasteiger partial charge in [-0.25, -0.2) is 13.8 Å². The third kappa shape index (κ3) is 3.39. The maximum Gasteiger partial charge on any atom is 0.320 e. The van der Waals surface area contributed by atoms with Crippen LogP contribution < -0.4 is 0 Å². The second-order valence-corrected chi connectivity index (χ2v) is 5.59. The first-order chi connectivity index (χ1) is 11.0. The number of piperidine rings is 1. The van der Waals surface area contributed by atoms with Crippen LogP contribution in [0.25, 0.3) is 11.5 Å². The highest BCUT2D eigenvalue weighted by Crippen LogP contribution is 2.23. The minimum atomic E-state index is -0.968. The average Bonchev–Trinajstić information content (AvgIpc) is 2.99. The lowest BCUT2D eigenvalue weighted by molar-refractivity contribution is -0.144. The first-order valence-corrected chi connectivity index (χ1v) is 7.41. The predicted octanol–water partition coefficient (Wildman–Crippen LogP) is 3.06. The van der Waals surface area contributed by atoms with Gasteiger partial charge in [-0.15, -0.1) is 0 Å². The molecule has 0 amide bonds. The fraction of sp³-hybridized carbons (Fsp3) is 0.375. The molecule has 1 fully saturated rings. The van der Waals surface area contributed by atoms with E-state index in [1.165, 1.54) is 12.3 Å². The molecule has 1 atom stereocenters. The van der Waals surface area contributed by atoms with E-state index in [4.69, 9.17) is 4.42 Å². The van der Waals surface area contributed by atoms with Gasteiger partial charge in [0, 0.05) is 12.1 Å². The topological polar surface area (TPSA) is 66.6 Å². The maximum atomic E-state index is 13.3. The number of halogens is 2. The second-order valence-electron chi connectivity index (χ2n) is 5.59. The maximum absolute atomic E-state index is 13.3. The van der Waals surface area contributed by atoms with E-state index in [2.05, 4.69) is 4.98 Å². The van der Waals surface area contributed by atoms with Crippen molar-refractivity contribution in [2.75, 3.05) is 6.54 Å². The normalized spacial score (nSPS) is 19.0. The number of rotatable bonds is 4. The number of hydrogen-bond acceptors (Lipinski definition) is 4. The van der Waals surface area contributed by atoms with Crippen molar-refractivity contribution in [2.24, 2.45) is 0 Å². The van der Waals surface area contributed by atoms with E-state index in [1.807, 2.05) is 4.90 Å². The summed E-state index contributed by atoms with van der Waals surface area (Å²) in [7, 11) is 0. The van der Waals surface area contributed by atoms with Gasteiger partial charge in [-0.3, -0.25) is 9.69 Å². The zero-order chi connectivity index (χ0) is 16.4. The molecule has 122 valence electrons. The van der Waals surface area contributed by atoms with Crippen LogP contribution in [0.3, 0.4) is 0 Å². The van der Waals surface area contributed by atoms with Crippen LogP contribution in [0.4, 0.5) is 8.78 Å². The van der Waals surface area contributed by atoms with Crippen LogP contribution in [0.5, 0.6) is 0 Å². The van der Waals surface area contributed by atoms with E-state index in [1.54, 1.807) is 0 Å². The number of carbonyl (C=O) groups is 1. The molecular formula is C16H16F2N2O3. The molecular weight excluding hydrogens is 306 g/mol. The van der Waals surface area contributed by atoms with Crippen LogP contribution in [-0.2, 0) is 11.3 Å². The number of aromatic nitrogens is 1. The Labute approximate surface area is 131 Å². The van der Waals surface area contributed by atoms with Crippen molar-refractivity contribution < 1.29 is 23.1 Å². The van der Waals surface area contributed by atoms with Gasteiger partial charge in [0.2, 0.25) is 5.89 Å². The number of carboxylic acid groups (broad SMARTS) is 1. The minimum absolute atomic E-state index is 0.183. The van der Waals surface area contributed by atoms with Gasteiger partial charge in [-0.05, 0) is 37.6 Å². The lowest BCUT2D eigenvalue weighted by atomic mass is 10.0. The monoisotopic (exact) mass is 322 g/mol. The van der Waals surface area contributed by atoms with Gasteiger partial charge < -0.3 is 9.52 Å². The van der Waals surface area contributed by atoms with Crippen molar-refractivity contribution in [3.05, 3.63) is 41.8 Å². The Bertz CT molecular complexity index is 717. The Balaban J connectivity index is 1.76. The zero-order valence-electron chi connectivity index (χ0n) is 12.3. The molecule has 23 heavy (non-hydrogen) atoms. The molecule has 1 aliphatic heterocycles. The van der Waals surface area contributed by atoms with Crippen molar-refractivity contribution in [1.29, 1.82) is 0 Å². The molecule has 1 aliphatic rings. The summed E-state index contributed by atoms with van der Waals surface area (Å²) in [5.41, 5.74) is 0.904. The number of hydrogen-bond donors (Lipinski definition) is 1. The molecule has 0 bridgehead atoms. The molecule has 5 nitrogen and oxygen atoms in total. The Morgan fingerprint density at radius 3 is 2.91 bits per heavy atom. The lowest BCUT2D eigenvalue weighted by Gasteiger charge is -2.31. The molecule has 0 radical (unpaired) electrons. The smallest absolute Gasteiger partial charge is 0.320 e. The van der Waals surface area contributed by atoms with Gasteiger partial charge >= 0.3 is 5.97 Å². The predicted molar refractivity (Wildman–Crippen MR) is 77.5 cm³/mol. The van der Waals surface area contributed by atoms with Crippen molar-refractivity contribution >= 4 is 5.97 Å². The van der Waals surface area contributed by atoms with Crippen molar-refractivity contribution in [3.63, 3.8) is 0 Å². The highest BCUT2D eigenvalue weighted by Gasteiger charge is 2.29. The third-order valence-corrected chi connectivity index (χ3v) is 3.98. The van der Waals surface area contributed by atoms with Gasteiger partial charge in [0.15, 0.2) is 11.6 Å². The Hall–Kier alpha value is -2.28. The van der Waals surface area contributed by atoms with Crippen LogP contribution in [0.2, 0.25) is 0 Å². The molecule has 0 saturated carbocycles. The zero-order valence-corrected chi connectivity index (χ0v) is 12.3. The van der Waals surface area contributed by atoms with Crippen LogP contribution in [0.1, 0.15) is 25.0 Å². The molecule has 2 heterocycles. The first-order valence-electron chi connectivity index (χ1n) is 7.41. The molecule has 1 saturated heterocycles. The Morgan fingerprint density at radius 1 is 1.35 bits per heavy atom. The molecule has 1 aromatic carbocycles. The molecule has 1 unspecified atom stereocenters. The quantitative estimate of drug-likeness (QED) is 0.937. The number of likely N-dealkylation sites (tertiary alicyclic amines) is 1. The summed E-state index contributed by atoms with van der Waals surface area (Å²) < 4.78 is 31.5. The van der Waals surface area contributed by atoms with Crippen molar-refractivity contribution in [3.8, 4) is 11.5 Å². The largest absolute Gasteiger partial charge is 0.480 e. The SMILES string of the molecule is O=C(O)C1CCCCN1Cc1coc(-c2ccc(F)c(F)c2)n1. The fourth-order valence-corrected chi connectivity index (χ4v) is 2.81. The fourth-order valence-electron chi connectivity index (χ4n) is 2.81. The van der Waals surface area contributed by atoms with Crippen LogP contribution in [0, 0.1) is 11.6 Å². The molecule has 0 aliphatic carbocycles. The van der Waals surface area contributed by atoms with E-state index in [-0.39, 0.29) is 5.89 Å². The molecule has 7 heteroatoms. The number of oxazole rings is 1. The number of aliphatic carboxylic acids is 1. The van der Waals surface area contributed by atoms with Gasteiger partial charge in [0.1, 0.15) is 12.3 Å². The summed E-state index contributed by atoms with van der Waals surface area (Å²) in [6.45, 7) is 1.04. The van der Waals surface area contributed by atoms with E-state index >= 15 is 0 Å². The van der Waals surface area contributed by atoms with E-state index in [9.17, 15) is 18.7 Å². The summed E-state index contributed by atoms with van der Waals surface area (Å²) in [4.78, 5) is 17.4. The van der Waals surface area contributed by atoms with Gasteiger partial charge in [-0.1, -0.05) is 6.42 Å². The Morgan fingerprint density at radius 2 is 2.17 bits per heavy atom. The summed E-state index contributed by atoms with van der Waals surface area (Å²) in [5, 5.41) is 9.26. The number of nitrogens with zero attached hydrogens (tertiary/aromatic N) is 2. The summed E-state index contributed by atoms with van der Waals surface area (Å²) >= 11 is 0. The number of carboxylic acids is 1. The van der Waals surface area contributed by atoms with E-state index in [0.29, 0.717) is 30.8 Å². The van der Waals surface area contributed by atoms with Crippen LogP contribution in [-0.4, -0.2) is 33.5 Å². The molecule has 1 N–H and O–H groups in total. The summed E-state index contributed by atoms with van der Waals surface area (Å²) in [5.74, 6) is -2.56. The highest BCUT2D eigenvalue weighted by molar-refractivity contribution is 5.73.